The van der Waals surface area contributed by atoms with E-state index in [-0.39, 0.29) is 44.5 Å². The summed E-state index contributed by atoms with van der Waals surface area (Å²) in [5.41, 5.74) is 4.28. The Bertz CT molecular complexity index is 3320. The second-order valence-corrected chi connectivity index (χ2v) is 21.2. The lowest BCUT2D eigenvalue weighted by Crippen LogP contribution is -2.04. The van der Waals surface area contributed by atoms with E-state index in [2.05, 4.69) is 0 Å². The Morgan fingerprint density at radius 3 is 0.492 bits per heavy atom. The third-order valence-electron chi connectivity index (χ3n) is 10.0. The van der Waals surface area contributed by atoms with Gasteiger partial charge in [-0.3, -0.25) is 22.8 Å². The van der Waals surface area contributed by atoms with E-state index in [1.54, 1.807) is 24.3 Å². The van der Waals surface area contributed by atoms with Gasteiger partial charge in [0.1, 0.15) is 0 Å². The number of benzene rings is 7. The van der Waals surface area contributed by atoms with E-state index in [0.717, 1.165) is 66.2 Å². The van der Waals surface area contributed by atoms with Crippen molar-refractivity contribution in [2.24, 2.45) is 0 Å². The Labute approximate surface area is 362 Å². The van der Waals surface area contributed by atoms with Gasteiger partial charge in [0.25, 0.3) is 50.6 Å². The average molecular weight is 949 g/mol. The Morgan fingerprint density at radius 2 is 0.365 bits per heavy atom. The molecule has 0 saturated heterocycles. The van der Waals surface area contributed by atoms with Crippen molar-refractivity contribution in [2.75, 3.05) is 0 Å². The van der Waals surface area contributed by atoms with Crippen LogP contribution in [0.3, 0.4) is 0 Å². The molecule has 0 unspecified atom stereocenters. The zero-order valence-electron chi connectivity index (χ0n) is 32.2. The molecule has 0 fully saturated rings. The molecular formula is C43H32O15S5. The fourth-order valence-electron chi connectivity index (χ4n) is 7.17. The summed E-state index contributed by atoms with van der Waals surface area (Å²) in [4.78, 5) is -2.42. The molecule has 324 valence electrons. The molecule has 15 nitrogen and oxygen atoms in total. The number of hydrogen-bond donors (Lipinski definition) is 5. The molecular weight excluding hydrogens is 917 g/mol. The highest BCUT2D eigenvalue weighted by molar-refractivity contribution is 7.86. The number of aryl methyl sites for hydroxylation is 1. The first-order valence-electron chi connectivity index (χ1n) is 18.0. The average Bonchev–Trinajstić information content (AvgIpc) is 3.22. The maximum Gasteiger partial charge on any atom is 0.294 e. The molecule has 20 heteroatoms. The number of hydrogen-bond acceptors (Lipinski definition) is 10. The van der Waals surface area contributed by atoms with Crippen molar-refractivity contribution in [1.29, 1.82) is 0 Å². The van der Waals surface area contributed by atoms with Crippen LogP contribution in [0.25, 0.3) is 66.8 Å². The van der Waals surface area contributed by atoms with Gasteiger partial charge in [-0.2, -0.15) is 42.1 Å². The summed E-state index contributed by atoms with van der Waals surface area (Å²) in [5.74, 6) is 0. The summed E-state index contributed by atoms with van der Waals surface area (Å²) in [6, 6.07) is 32.1. The van der Waals surface area contributed by atoms with Crippen molar-refractivity contribution in [1.82, 2.24) is 0 Å². The van der Waals surface area contributed by atoms with Crippen molar-refractivity contribution in [3.8, 4) is 66.8 Å². The van der Waals surface area contributed by atoms with Crippen molar-refractivity contribution >= 4 is 50.6 Å². The Balaban J connectivity index is 1.82. The van der Waals surface area contributed by atoms with Gasteiger partial charge < -0.3 is 0 Å². The normalized spacial score (nSPS) is 12.6. The van der Waals surface area contributed by atoms with Gasteiger partial charge in [-0.25, -0.2) is 0 Å². The topological polar surface area (TPSA) is 272 Å². The summed E-state index contributed by atoms with van der Waals surface area (Å²) in [5, 5.41) is 0. The third-order valence-corrected chi connectivity index (χ3v) is 14.4. The molecule has 7 aromatic rings. The quantitative estimate of drug-likeness (QED) is 0.0764. The maximum atomic E-state index is 12.3. The lowest BCUT2D eigenvalue weighted by Gasteiger charge is -2.29. The maximum absolute atomic E-state index is 12.3. The van der Waals surface area contributed by atoms with Crippen LogP contribution in [-0.4, -0.2) is 64.9 Å². The molecule has 0 aliphatic heterocycles. The van der Waals surface area contributed by atoms with Crippen LogP contribution < -0.4 is 0 Å². The summed E-state index contributed by atoms with van der Waals surface area (Å²) in [7, 11) is -23.7. The lowest BCUT2D eigenvalue weighted by molar-refractivity contribution is 0.481. The first kappa shape index (κ1) is 45.1. The van der Waals surface area contributed by atoms with Gasteiger partial charge in [-0.15, -0.1) is 0 Å². The van der Waals surface area contributed by atoms with Crippen LogP contribution >= 0.6 is 0 Å². The van der Waals surface area contributed by atoms with Gasteiger partial charge in [-0.05, 0) is 134 Å². The molecule has 0 spiro atoms. The molecule has 0 bridgehead atoms. The summed E-state index contributed by atoms with van der Waals surface area (Å²) in [6.45, 7) is 1.83. The first-order chi connectivity index (χ1) is 29.3. The molecule has 0 heterocycles. The molecule has 0 aliphatic carbocycles. The molecule has 0 aliphatic rings. The van der Waals surface area contributed by atoms with Crippen LogP contribution in [0, 0.1) is 6.92 Å². The van der Waals surface area contributed by atoms with Gasteiger partial charge in [0.05, 0.1) is 24.5 Å². The summed E-state index contributed by atoms with van der Waals surface area (Å²) in [6.07, 6.45) is 0. The molecule has 0 atom stereocenters. The molecule has 0 radical (unpaired) electrons. The van der Waals surface area contributed by atoms with Crippen molar-refractivity contribution < 1.29 is 64.9 Å². The third kappa shape index (κ3) is 9.41. The van der Waals surface area contributed by atoms with Crippen LogP contribution in [0.5, 0.6) is 0 Å². The molecule has 7 rings (SSSR count). The van der Waals surface area contributed by atoms with Gasteiger partial charge in [0, 0.05) is 0 Å². The highest BCUT2D eigenvalue weighted by Gasteiger charge is 2.30. The summed E-state index contributed by atoms with van der Waals surface area (Å²) < 4.78 is 172. The van der Waals surface area contributed by atoms with Gasteiger partial charge in [0.15, 0.2) is 0 Å². The zero-order chi connectivity index (χ0) is 45.9. The molecule has 0 amide bonds. The molecule has 0 aromatic heterocycles. The Hall–Kier alpha value is -5.91. The van der Waals surface area contributed by atoms with Crippen molar-refractivity contribution in [3.05, 3.63) is 151 Å². The van der Waals surface area contributed by atoms with Crippen molar-refractivity contribution in [3.63, 3.8) is 0 Å². The van der Waals surface area contributed by atoms with E-state index < -0.39 is 75.1 Å². The Morgan fingerprint density at radius 1 is 0.238 bits per heavy atom. The fourth-order valence-corrected chi connectivity index (χ4v) is 9.57. The van der Waals surface area contributed by atoms with Crippen LogP contribution in [0.4, 0.5) is 0 Å². The molecule has 7 aromatic carbocycles. The number of rotatable bonds is 11. The standard InChI is InChI=1S/C43H32O15S5/c1-26-2-4-27(5-3-26)38-39(28-6-16-33(17-7-28)59(44,45)46)41(30-10-20-35(21-11-30)61(50,51)52)43(32-14-24-37(25-15-32)63(56,57)58)42(31-12-22-36(23-13-31)62(53,54)55)40(38)29-8-18-34(19-9-29)60(47,48)49/h2-25H,1H3,(H,44,45,46)(H,47,48,49)(H,50,51,52)(H,53,54,55)(H,56,57,58). The minimum absolute atomic E-state index is 0.217. The highest BCUT2D eigenvalue weighted by Crippen LogP contribution is 2.56. The van der Waals surface area contributed by atoms with Crippen LogP contribution in [0.2, 0.25) is 0 Å². The van der Waals surface area contributed by atoms with E-state index in [9.17, 15) is 64.9 Å². The van der Waals surface area contributed by atoms with Crippen LogP contribution in [0.15, 0.2) is 170 Å². The van der Waals surface area contributed by atoms with Gasteiger partial charge in [-0.1, -0.05) is 90.5 Å². The second-order valence-electron chi connectivity index (χ2n) is 14.1. The van der Waals surface area contributed by atoms with E-state index in [1.165, 1.54) is 60.7 Å². The summed E-state index contributed by atoms with van der Waals surface area (Å²) >= 11 is 0. The minimum Gasteiger partial charge on any atom is -0.282 e. The predicted octanol–water partition coefficient (Wildman–Crippen LogP) is 8.23. The predicted molar refractivity (Wildman–Crippen MR) is 233 cm³/mol. The minimum atomic E-state index is -4.74. The van der Waals surface area contributed by atoms with E-state index in [4.69, 9.17) is 0 Å². The van der Waals surface area contributed by atoms with Crippen molar-refractivity contribution in [2.45, 2.75) is 31.4 Å². The Kier molecular flexibility index (Phi) is 11.7. The van der Waals surface area contributed by atoms with Crippen LogP contribution in [0.1, 0.15) is 5.56 Å². The fraction of sp³-hybridized carbons (Fsp3) is 0.0233. The molecule has 63 heavy (non-hydrogen) atoms. The largest absolute Gasteiger partial charge is 0.294 e. The van der Waals surface area contributed by atoms with E-state index in [1.807, 2.05) is 6.92 Å². The smallest absolute Gasteiger partial charge is 0.282 e. The molecule has 5 N–H and O–H groups in total. The van der Waals surface area contributed by atoms with Gasteiger partial charge >= 0.3 is 0 Å². The van der Waals surface area contributed by atoms with Gasteiger partial charge in [0.2, 0.25) is 0 Å². The zero-order valence-corrected chi connectivity index (χ0v) is 36.3. The highest BCUT2D eigenvalue weighted by atomic mass is 32.2. The first-order valence-corrected chi connectivity index (χ1v) is 25.2. The lowest BCUT2D eigenvalue weighted by atomic mass is 9.74. The van der Waals surface area contributed by atoms with Crippen LogP contribution in [-0.2, 0) is 50.6 Å². The monoisotopic (exact) mass is 948 g/mol. The molecule has 0 saturated carbocycles. The van der Waals surface area contributed by atoms with E-state index in [0.29, 0.717) is 22.3 Å². The van der Waals surface area contributed by atoms with E-state index >= 15 is 0 Å². The SMILES string of the molecule is Cc1ccc(-c2c(-c3ccc(S(=O)(=O)O)cc3)c(-c3ccc(S(=O)(=O)O)cc3)c(-c3ccc(S(=O)(=O)O)cc3)c(-c3ccc(S(=O)(=O)O)cc3)c2-c2ccc(S(=O)(=O)O)cc2)cc1. The second kappa shape index (κ2) is 16.3.